The van der Waals surface area contributed by atoms with Crippen LogP contribution in [0.2, 0.25) is 0 Å². The van der Waals surface area contributed by atoms with E-state index < -0.39 is 0 Å². The summed E-state index contributed by atoms with van der Waals surface area (Å²) >= 11 is 0. The third kappa shape index (κ3) is 2.07. The van der Waals surface area contributed by atoms with Gasteiger partial charge in [-0.2, -0.15) is 0 Å². The molecule has 0 saturated carbocycles. The van der Waals surface area contributed by atoms with E-state index in [1.807, 2.05) is 7.05 Å². The molecule has 0 aliphatic carbocycles. The smallest absolute Gasteiger partial charge is 0.227 e. The van der Waals surface area contributed by atoms with Crippen LogP contribution in [-0.4, -0.2) is 19.5 Å². The van der Waals surface area contributed by atoms with Crippen LogP contribution in [0.15, 0.2) is 12.1 Å². The van der Waals surface area contributed by atoms with Gasteiger partial charge in [0.2, 0.25) is 5.91 Å². The minimum atomic E-state index is 0.197. The summed E-state index contributed by atoms with van der Waals surface area (Å²) in [5.74, 6) is 0.486. The topological polar surface area (TPSA) is 46.3 Å². The molecule has 0 fully saturated rings. The van der Waals surface area contributed by atoms with Crippen molar-refractivity contribution in [2.75, 3.05) is 18.5 Å². The third-order valence-electron chi connectivity index (χ3n) is 3.56. The molecular formula is C14H20N2O. The molecular weight excluding hydrogens is 212 g/mol. The van der Waals surface area contributed by atoms with Crippen molar-refractivity contribution in [2.24, 2.45) is 5.73 Å². The normalized spacial score (nSPS) is 19.4. The van der Waals surface area contributed by atoms with Crippen molar-refractivity contribution in [3.63, 3.8) is 0 Å². The maximum absolute atomic E-state index is 12.0. The Bertz CT molecular complexity index is 454. The van der Waals surface area contributed by atoms with Gasteiger partial charge in [-0.15, -0.1) is 0 Å². The van der Waals surface area contributed by atoms with E-state index >= 15 is 0 Å². The van der Waals surface area contributed by atoms with Gasteiger partial charge in [0.05, 0.1) is 0 Å². The monoisotopic (exact) mass is 232 g/mol. The van der Waals surface area contributed by atoms with Crippen LogP contribution < -0.4 is 10.6 Å². The van der Waals surface area contributed by atoms with Gasteiger partial charge in [-0.3, -0.25) is 4.79 Å². The van der Waals surface area contributed by atoms with Gasteiger partial charge in [0.25, 0.3) is 0 Å². The molecule has 1 atom stereocenters. The summed E-state index contributed by atoms with van der Waals surface area (Å²) in [5, 5.41) is 0. The molecule has 1 aromatic carbocycles. The van der Waals surface area contributed by atoms with E-state index in [1.165, 1.54) is 16.7 Å². The first-order chi connectivity index (χ1) is 8.04. The second-order valence-electron chi connectivity index (χ2n) is 4.95. The lowest BCUT2D eigenvalue weighted by atomic mass is 9.84. The van der Waals surface area contributed by atoms with Crippen LogP contribution in [0.4, 0.5) is 5.69 Å². The molecule has 92 valence electrons. The fourth-order valence-electron chi connectivity index (χ4n) is 2.80. The van der Waals surface area contributed by atoms with Crippen molar-refractivity contribution in [3.05, 3.63) is 28.8 Å². The zero-order valence-corrected chi connectivity index (χ0v) is 10.8. The minimum absolute atomic E-state index is 0.197. The molecule has 2 N–H and O–H groups in total. The number of benzene rings is 1. The second kappa shape index (κ2) is 4.49. The Morgan fingerprint density at radius 3 is 2.76 bits per heavy atom. The highest BCUT2D eigenvalue weighted by Gasteiger charge is 2.29. The molecule has 1 amide bonds. The Balaban J connectivity index is 2.55. The number of carbonyl (C=O) groups is 1. The van der Waals surface area contributed by atoms with Gasteiger partial charge in [-0.1, -0.05) is 17.7 Å². The summed E-state index contributed by atoms with van der Waals surface area (Å²) in [6, 6.07) is 4.33. The number of carbonyl (C=O) groups excluding carboxylic acids is 1. The maximum Gasteiger partial charge on any atom is 0.227 e. The molecule has 0 aromatic heterocycles. The molecule has 17 heavy (non-hydrogen) atoms. The van der Waals surface area contributed by atoms with Crippen molar-refractivity contribution in [1.82, 2.24) is 0 Å². The Kier molecular flexibility index (Phi) is 3.20. The molecule has 1 aromatic rings. The van der Waals surface area contributed by atoms with Crippen LogP contribution in [0, 0.1) is 13.8 Å². The number of aryl methyl sites for hydroxylation is 2. The summed E-state index contributed by atoms with van der Waals surface area (Å²) in [7, 11) is 1.86. The number of amides is 1. The molecule has 0 saturated heterocycles. The van der Waals surface area contributed by atoms with Crippen LogP contribution in [0.3, 0.4) is 0 Å². The second-order valence-corrected chi connectivity index (χ2v) is 4.95. The third-order valence-corrected chi connectivity index (χ3v) is 3.56. The minimum Gasteiger partial charge on any atom is -0.330 e. The van der Waals surface area contributed by atoms with Crippen molar-refractivity contribution >= 4 is 11.6 Å². The van der Waals surface area contributed by atoms with E-state index in [4.69, 9.17) is 5.73 Å². The average molecular weight is 232 g/mol. The molecule has 3 heteroatoms. The van der Waals surface area contributed by atoms with Gasteiger partial charge < -0.3 is 10.6 Å². The summed E-state index contributed by atoms with van der Waals surface area (Å²) in [6.45, 7) is 4.80. The summed E-state index contributed by atoms with van der Waals surface area (Å²) in [6.07, 6.45) is 1.47. The maximum atomic E-state index is 12.0. The van der Waals surface area contributed by atoms with E-state index in [-0.39, 0.29) is 11.8 Å². The molecule has 1 heterocycles. The summed E-state index contributed by atoms with van der Waals surface area (Å²) < 4.78 is 0. The van der Waals surface area contributed by atoms with Crippen LogP contribution in [0.5, 0.6) is 0 Å². The van der Waals surface area contributed by atoms with Gasteiger partial charge in [0.15, 0.2) is 0 Å². The molecule has 1 unspecified atom stereocenters. The van der Waals surface area contributed by atoms with Crippen molar-refractivity contribution in [2.45, 2.75) is 32.6 Å². The number of anilines is 1. The lowest BCUT2D eigenvalue weighted by Gasteiger charge is -2.33. The first-order valence-corrected chi connectivity index (χ1v) is 6.12. The highest BCUT2D eigenvalue weighted by Crippen LogP contribution is 2.39. The lowest BCUT2D eigenvalue weighted by molar-refractivity contribution is -0.119. The van der Waals surface area contributed by atoms with Crippen molar-refractivity contribution < 1.29 is 4.79 Å². The van der Waals surface area contributed by atoms with Gasteiger partial charge in [0, 0.05) is 19.2 Å². The predicted molar refractivity (Wildman–Crippen MR) is 70.4 cm³/mol. The highest BCUT2D eigenvalue weighted by molar-refractivity contribution is 5.97. The number of rotatable bonds is 2. The number of hydrogen-bond acceptors (Lipinski definition) is 2. The Labute approximate surface area is 103 Å². The van der Waals surface area contributed by atoms with Crippen LogP contribution in [0.25, 0.3) is 0 Å². The largest absolute Gasteiger partial charge is 0.330 e. The average Bonchev–Trinajstić information content (AvgIpc) is 2.25. The van der Waals surface area contributed by atoms with E-state index in [0.717, 1.165) is 12.1 Å². The van der Waals surface area contributed by atoms with E-state index in [2.05, 4.69) is 26.0 Å². The zero-order valence-electron chi connectivity index (χ0n) is 10.8. The molecule has 1 aliphatic heterocycles. The molecule has 0 bridgehead atoms. The fraction of sp³-hybridized carbons (Fsp3) is 0.500. The van der Waals surface area contributed by atoms with Gasteiger partial charge in [-0.05, 0) is 43.9 Å². The Morgan fingerprint density at radius 1 is 1.41 bits per heavy atom. The van der Waals surface area contributed by atoms with Gasteiger partial charge in [0.1, 0.15) is 0 Å². The summed E-state index contributed by atoms with van der Waals surface area (Å²) in [5.41, 5.74) is 10.5. The zero-order chi connectivity index (χ0) is 12.6. The van der Waals surface area contributed by atoms with Crippen LogP contribution in [-0.2, 0) is 4.79 Å². The van der Waals surface area contributed by atoms with E-state index in [0.29, 0.717) is 13.0 Å². The quantitative estimate of drug-likeness (QED) is 0.848. The standard InChI is InChI=1S/C14H20N2O/c1-9-6-10(2)14-12(7-9)11(4-5-15)8-13(17)16(14)3/h6-7,11H,4-5,8,15H2,1-3H3. The lowest BCUT2D eigenvalue weighted by Crippen LogP contribution is -2.34. The fourth-order valence-corrected chi connectivity index (χ4v) is 2.80. The van der Waals surface area contributed by atoms with Crippen LogP contribution in [0.1, 0.15) is 35.4 Å². The van der Waals surface area contributed by atoms with Gasteiger partial charge in [-0.25, -0.2) is 0 Å². The van der Waals surface area contributed by atoms with E-state index in [9.17, 15) is 4.79 Å². The van der Waals surface area contributed by atoms with Crippen LogP contribution >= 0.6 is 0 Å². The molecule has 3 nitrogen and oxygen atoms in total. The molecule has 2 rings (SSSR count). The van der Waals surface area contributed by atoms with E-state index in [1.54, 1.807) is 4.90 Å². The first kappa shape index (κ1) is 12.1. The Hall–Kier alpha value is -1.35. The molecule has 0 spiro atoms. The first-order valence-electron chi connectivity index (χ1n) is 6.12. The number of nitrogens with zero attached hydrogens (tertiary/aromatic N) is 1. The predicted octanol–water partition coefficient (Wildman–Crippen LogP) is 2.10. The number of nitrogens with two attached hydrogens (primary N) is 1. The van der Waals surface area contributed by atoms with Crippen molar-refractivity contribution in [1.29, 1.82) is 0 Å². The number of hydrogen-bond donors (Lipinski definition) is 1. The van der Waals surface area contributed by atoms with Gasteiger partial charge >= 0.3 is 0 Å². The SMILES string of the molecule is Cc1cc(C)c2c(c1)C(CCN)CC(=O)N2C. The number of fused-ring (bicyclic) bond motifs is 1. The molecule has 0 radical (unpaired) electrons. The Morgan fingerprint density at radius 2 is 2.12 bits per heavy atom. The molecule has 1 aliphatic rings. The van der Waals surface area contributed by atoms with Crippen molar-refractivity contribution in [3.8, 4) is 0 Å². The summed E-state index contributed by atoms with van der Waals surface area (Å²) in [4.78, 5) is 13.8. The highest BCUT2D eigenvalue weighted by atomic mass is 16.2.